The zero-order valence-corrected chi connectivity index (χ0v) is 15.3. The first-order valence-corrected chi connectivity index (χ1v) is 8.72. The second-order valence-corrected chi connectivity index (χ2v) is 5.89. The van der Waals surface area contributed by atoms with Crippen molar-refractivity contribution < 1.29 is 13.5 Å². The zero-order valence-electron chi connectivity index (χ0n) is 15.3. The highest BCUT2D eigenvalue weighted by Gasteiger charge is 2.09. The topological polar surface area (TPSA) is 63.5 Å². The molecule has 3 aromatic rings. The highest BCUT2D eigenvalue weighted by Crippen LogP contribution is 2.19. The molecule has 8 heteroatoms. The summed E-state index contributed by atoms with van der Waals surface area (Å²) < 4.78 is 31.4. The predicted octanol–water partition coefficient (Wildman–Crippen LogP) is 3.34. The molecule has 0 saturated heterocycles. The van der Waals surface area contributed by atoms with Crippen molar-refractivity contribution in [3.05, 3.63) is 78.1 Å². The molecule has 2 aromatic carbocycles. The molecule has 1 aromatic heterocycles. The number of para-hydroxylation sites is 2. The van der Waals surface area contributed by atoms with Crippen LogP contribution in [0.5, 0.6) is 5.75 Å². The highest BCUT2D eigenvalue weighted by molar-refractivity contribution is 5.79. The molecule has 0 bridgehead atoms. The lowest BCUT2D eigenvalue weighted by molar-refractivity contribution is -0.0504. The second-order valence-electron chi connectivity index (χ2n) is 5.89. The van der Waals surface area contributed by atoms with Crippen LogP contribution in [0.2, 0.25) is 0 Å². The molecule has 28 heavy (non-hydrogen) atoms. The van der Waals surface area contributed by atoms with Gasteiger partial charge in [-0.25, -0.2) is 4.68 Å². The number of rotatable bonds is 7. The first-order valence-electron chi connectivity index (χ1n) is 8.72. The number of benzene rings is 2. The van der Waals surface area contributed by atoms with Gasteiger partial charge >= 0.3 is 6.61 Å². The summed E-state index contributed by atoms with van der Waals surface area (Å²) in [6, 6.07) is 16.5. The van der Waals surface area contributed by atoms with E-state index in [0.717, 1.165) is 11.3 Å². The minimum atomic E-state index is -2.86. The standard InChI is InChI=1S/C20H21F2N5O/c1-23-20(25-13-16-7-5-6-10-18(16)28-19(21)22)24-11-15-12-26-27(14-15)17-8-3-2-4-9-17/h2-10,12,14,19H,11,13H2,1H3,(H2,23,24,25). The molecule has 0 aliphatic heterocycles. The average molecular weight is 385 g/mol. The lowest BCUT2D eigenvalue weighted by Crippen LogP contribution is -2.36. The Hall–Kier alpha value is -3.42. The van der Waals surface area contributed by atoms with Gasteiger partial charge in [0.15, 0.2) is 5.96 Å². The number of hydrogen-bond acceptors (Lipinski definition) is 3. The van der Waals surface area contributed by atoms with E-state index < -0.39 is 6.61 Å². The van der Waals surface area contributed by atoms with Gasteiger partial charge in [-0.05, 0) is 18.2 Å². The molecule has 0 atom stereocenters. The molecule has 0 radical (unpaired) electrons. The monoisotopic (exact) mass is 385 g/mol. The van der Waals surface area contributed by atoms with Crippen molar-refractivity contribution >= 4 is 5.96 Å². The van der Waals surface area contributed by atoms with E-state index >= 15 is 0 Å². The first kappa shape index (κ1) is 19.3. The van der Waals surface area contributed by atoms with E-state index in [0.29, 0.717) is 24.6 Å². The minimum absolute atomic E-state index is 0.143. The van der Waals surface area contributed by atoms with Gasteiger partial charge in [0.1, 0.15) is 5.75 Å². The predicted molar refractivity (Wildman–Crippen MR) is 104 cm³/mol. The molecular formula is C20H21F2N5O. The van der Waals surface area contributed by atoms with Crippen molar-refractivity contribution in [3.63, 3.8) is 0 Å². The van der Waals surface area contributed by atoms with Crippen LogP contribution in [0.25, 0.3) is 5.69 Å². The van der Waals surface area contributed by atoms with E-state index in [1.54, 1.807) is 36.1 Å². The molecule has 2 N–H and O–H groups in total. The Morgan fingerprint density at radius 2 is 1.79 bits per heavy atom. The molecule has 0 unspecified atom stereocenters. The number of nitrogens with zero attached hydrogens (tertiary/aromatic N) is 3. The third-order valence-electron chi connectivity index (χ3n) is 3.98. The van der Waals surface area contributed by atoms with Crippen LogP contribution in [0, 0.1) is 0 Å². The van der Waals surface area contributed by atoms with E-state index in [2.05, 4.69) is 25.5 Å². The molecule has 0 aliphatic rings. The van der Waals surface area contributed by atoms with Gasteiger partial charge in [0.25, 0.3) is 0 Å². The quantitative estimate of drug-likeness (QED) is 0.484. The van der Waals surface area contributed by atoms with Crippen molar-refractivity contribution in [1.82, 2.24) is 20.4 Å². The summed E-state index contributed by atoms with van der Waals surface area (Å²) in [5, 5.41) is 10.6. The molecule has 0 saturated carbocycles. The van der Waals surface area contributed by atoms with Crippen LogP contribution in [0.15, 0.2) is 72.0 Å². The average Bonchev–Trinajstić information content (AvgIpc) is 3.18. The van der Waals surface area contributed by atoms with Crippen molar-refractivity contribution in [3.8, 4) is 11.4 Å². The molecule has 146 valence electrons. The summed E-state index contributed by atoms with van der Waals surface area (Å²) in [5.74, 6) is 0.684. The van der Waals surface area contributed by atoms with Gasteiger partial charge in [0.2, 0.25) is 0 Å². The maximum absolute atomic E-state index is 12.5. The zero-order chi connectivity index (χ0) is 19.8. The van der Waals surface area contributed by atoms with E-state index in [9.17, 15) is 8.78 Å². The summed E-state index contributed by atoms with van der Waals surface area (Å²) in [4.78, 5) is 4.15. The number of aliphatic imine (C=N–C) groups is 1. The van der Waals surface area contributed by atoms with Crippen LogP contribution in [-0.2, 0) is 13.1 Å². The second kappa shape index (κ2) is 9.50. The van der Waals surface area contributed by atoms with Gasteiger partial charge in [0.05, 0.1) is 11.9 Å². The summed E-state index contributed by atoms with van der Waals surface area (Å²) in [6.45, 7) is -2.05. The van der Waals surface area contributed by atoms with Crippen molar-refractivity contribution in [2.45, 2.75) is 19.7 Å². The van der Waals surface area contributed by atoms with Crippen molar-refractivity contribution in [1.29, 1.82) is 0 Å². The Balaban J connectivity index is 1.55. The largest absolute Gasteiger partial charge is 0.434 e. The molecule has 0 spiro atoms. The molecule has 0 aliphatic carbocycles. The molecule has 3 rings (SSSR count). The van der Waals surface area contributed by atoms with Crippen LogP contribution in [0.4, 0.5) is 8.78 Å². The SMILES string of the molecule is CN=C(NCc1cnn(-c2ccccc2)c1)NCc1ccccc1OC(F)F. The summed E-state index contributed by atoms with van der Waals surface area (Å²) in [7, 11) is 1.64. The molecule has 1 heterocycles. The minimum Gasteiger partial charge on any atom is -0.434 e. The molecule has 0 amide bonds. The van der Waals surface area contributed by atoms with Crippen LogP contribution >= 0.6 is 0 Å². The van der Waals surface area contributed by atoms with Gasteiger partial charge in [-0.15, -0.1) is 0 Å². The fraction of sp³-hybridized carbons (Fsp3) is 0.200. The van der Waals surface area contributed by atoms with Gasteiger partial charge in [-0.2, -0.15) is 13.9 Å². The van der Waals surface area contributed by atoms with E-state index in [-0.39, 0.29) is 5.75 Å². The summed E-state index contributed by atoms with van der Waals surface area (Å²) in [6.07, 6.45) is 3.71. The van der Waals surface area contributed by atoms with Crippen molar-refractivity contribution in [2.24, 2.45) is 4.99 Å². The highest BCUT2D eigenvalue weighted by atomic mass is 19.3. The number of halogens is 2. The smallest absolute Gasteiger partial charge is 0.387 e. The van der Waals surface area contributed by atoms with E-state index in [1.807, 2.05) is 36.5 Å². The van der Waals surface area contributed by atoms with E-state index in [1.165, 1.54) is 6.07 Å². The Morgan fingerprint density at radius 3 is 2.54 bits per heavy atom. The van der Waals surface area contributed by atoms with Gasteiger partial charge in [-0.1, -0.05) is 36.4 Å². The van der Waals surface area contributed by atoms with Crippen LogP contribution in [0.3, 0.4) is 0 Å². The Labute approximate surface area is 161 Å². The lowest BCUT2D eigenvalue weighted by Gasteiger charge is -2.14. The molecular weight excluding hydrogens is 364 g/mol. The van der Waals surface area contributed by atoms with E-state index in [4.69, 9.17) is 0 Å². The van der Waals surface area contributed by atoms with Crippen molar-refractivity contribution in [2.75, 3.05) is 7.05 Å². The van der Waals surface area contributed by atoms with Gasteiger partial charge in [0, 0.05) is 37.5 Å². The van der Waals surface area contributed by atoms with Gasteiger partial charge < -0.3 is 15.4 Å². The number of ether oxygens (including phenoxy) is 1. The Morgan fingerprint density at radius 1 is 1.07 bits per heavy atom. The van der Waals surface area contributed by atoms with Gasteiger partial charge in [-0.3, -0.25) is 4.99 Å². The summed E-state index contributed by atoms with van der Waals surface area (Å²) >= 11 is 0. The molecule has 6 nitrogen and oxygen atoms in total. The maximum atomic E-state index is 12.5. The fourth-order valence-electron chi connectivity index (χ4n) is 2.62. The molecule has 0 fully saturated rings. The van der Waals surface area contributed by atoms with Crippen LogP contribution < -0.4 is 15.4 Å². The number of aromatic nitrogens is 2. The normalized spacial score (nSPS) is 11.5. The lowest BCUT2D eigenvalue weighted by atomic mass is 10.2. The third kappa shape index (κ3) is 5.29. The maximum Gasteiger partial charge on any atom is 0.387 e. The van der Waals surface area contributed by atoms with Crippen LogP contribution in [0.1, 0.15) is 11.1 Å². The Kier molecular flexibility index (Phi) is 6.56. The number of guanidine groups is 1. The third-order valence-corrected chi connectivity index (χ3v) is 3.98. The summed E-state index contributed by atoms with van der Waals surface area (Å²) in [5.41, 5.74) is 2.57. The first-order chi connectivity index (χ1) is 13.7. The number of nitrogens with one attached hydrogen (secondary N) is 2. The fourth-order valence-corrected chi connectivity index (χ4v) is 2.62. The number of alkyl halides is 2. The number of hydrogen-bond donors (Lipinski definition) is 2. The van der Waals surface area contributed by atoms with Crippen LogP contribution in [-0.4, -0.2) is 29.4 Å². The Bertz CT molecular complexity index is 912.